The Morgan fingerprint density at radius 1 is 1.22 bits per heavy atom. The van der Waals surface area contributed by atoms with E-state index in [0.29, 0.717) is 5.41 Å². The van der Waals surface area contributed by atoms with Crippen LogP contribution in [-0.4, -0.2) is 30.1 Å². The van der Waals surface area contributed by atoms with Crippen molar-refractivity contribution in [3.8, 4) is 0 Å². The highest BCUT2D eigenvalue weighted by atomic mass is 15.2. The number of likely N-dealkylation sites (tertiary alicyclic amines) is 1. The van der Waals surface area contributed by atoms with Crippen LogP contribution in [0.5, 0.6) is 0 Å². The van der Waals surface area contributed by atoms with Crippen LogP contribution in [0.1, 0.15) is 65.7 Å². The van der Waals surface area contributed by atoms with E-state index in [0.717, 1.165) is 12.5 Å². The summed E-state index contributed by atoms with van der Waals surface area (Å²) >= 11 is 0. The topological polar surface area (TPSA) is 29.3 Å². The molecule has 1 aliphatic heterocycles. The number of nitrogens with two attached hydrogens (primary N) is 1. The molecule has 1 aliphatic carbocycles. The molecular weight excluding hydrogens is 220 g/mol. The van der Waals surface area contributed by atoms with Crippen molar-refractivity contribution in [2.75, 3.05) is 19.6 Å². The molecule has 1 heterocycles. The van der Waals surface area contributed by atoms with Crippen molar-refractivity contribution >= 4 is 0 Å². The molecule has 2 N–H and O–H groups in total. The molecular formula is C16H32N2. The van der Waals surface area contributed by atoms with Crippen LogP contribution in [0.2, 0.25) is 0 Å². The lowest BCUT2D eigenvalue weighted by molar-refractivity contribution is 0.153. The molecule has 0 aromatic rings. The molecule has 2 fully saturated rings. The van der Waals surface area contributed by atoms with Gasteiger partial charge in [0.15, 0.2) is 0 Å². The van der Waals surface area contributed by atoms with Crippen LogP contribution in [0.3, 0.4) is 0 Å². The van der Waals surface area contributed by atoms with Crippen molar-refractivity contribution in [1.29, 1.82) is 0 Å². The van der Waals surface area contributed by atoms with Crippen LogP contribution >= 0.6 is 0 Å². The van der Waals surface area contributed by atoms with Crippen LogP contribution in [0.15, 0.2) is 0 Å². The standard InChI is InChI=1S/C16H32N2/c1-4-15(5-2)9-10-18(12-15)13-16(17)8-6-7-14(3)11-16/h14H,4-13,17H2,1-3H3. The predicted octanol–water partition coefficient (Wildman–Crippen LogP) is 3.41. The number of hydrogen-bond acceptors (Lipinski definition) is 2. The van der Waals surface area contributed by atoms with Gasteiger partial charge in [0, 0.05) is 18.6 Å². The van der Waals surface area contributed by atoms with Gasteiger partial charge < -0.3 is 10.6 Å². The molecule has 2 rings (SSSR count). The molecule has 0 bridgehead atoms. The normalized spacial score (nSPS) is 37.0. The summed E-state index contributed by atoms with van der Waals surface area (Å²) in [5.74, 6) is 0.827. The first-order valence-electron chi connectivity index (χ1n) is 8.02. The lowest BCUT2D eigenvalue weighted by atomic mass is 9.76. The Balaban J connectivity index is 1.91. The average Bonchev–Trinajstić information content (AvgIpc) is 2.72. The third-order valence-corrected chi connectivity index (χ3v) is 5.68. The fourth-order valence-electron chi connectivity index (χ4n) is 4.28. The van der Waals surface area contributed by atoms with Crippen LogP contribution in [0.4, 0.5) is 0 Å². The predicted molar refractivity (Wildman–Crippen MR) is 78.6 cm³/mol. The molecule has 2 atom stereocenters. The molecule has 106 valence electrons. The summed E-state index contributed by atoms with van der Waals surface area (Å²) in [5, 5.41) is 0. The Bertz CT molecular complexity index is 272. The van der Waals surface area contributed by atoms with Crippen LogP contribution in [0.25, 0.3) is 0 Å². The average molecular weight is 252 g/mol. The molecule has 2 aliphatic rings. The van der Waals surface area contributed by atoms with Crippen molar-refractivity contribution < 1.29 is 0 Å². The smallest absolute Gasteiger partial charge is 0.0285 e. The van der Waals surface area contributed by atoms with Crippen molar-refractivity contribution in [1.82, 2.24) is 4.90 Å². The van der Waals surface area contributed by atoms with Gasteiger partial charge in [0.1, 0.15) is 0 Å². The molecule has 0 aromatic heterocycles. The lowest BCUT2D eigenvalue weighted by Crippen LogP contribution is -2.52. The molecule has 18 heavy (non-hydrogen) atoms. The minimum Gasteiger partial charge on any atom is -0.324 e. The van der Waals surface area contributed by atoms with Crippen molar-refractivity contribution in [2.45, 2.75) is 71.3 Å². The van der Waals surface area contributed by atoms with Gasteiger partial charge in [-0.15, -0.1) is 0 Å². The summed E-state index contributed by atoms with van der Waals surface area (Å²) in [7, 11) is 0. The summed E-state index contributed by atoms with van der Waals surface area (Å²) in [4.78, 5) is 2.66. The lowest BCUT2D eigenvalue weighted by Gasteiger charge is -2.40. The molecule has 2 heteroatoms. The van der Waals surface area contributed by atoms with Crippen molar-refractivity contribution in [2.24, 2.45) is 17.1 Å². The van der Waals surface area contributed by atoms with Crippen LogP contribution in [0, 0.1) is 11.3 Å². The van der Waals surface area contributed by atoms with E-state index in [1.54, 1.807) is 0 Å². The summed E-state index contributed by atoms with van der Waals surface area (Å²) in [6, 6.07) is 0. The molecule has 1 saturated heterocycles. The Kier molecular flexibility index (Phi) is 4.38. The highest BCUT2D eigenvalue weighted by Gasteiger charge is 2.39. The first-order valence-corrected chi connectivity index (χ1v) is 8.02. The van der Waals surface area contributed by atoms with E-state index in [4.69, 9.17) is 5.73 Å². The minimum absolute atomic E-state index is 0.106. The van der Waals surface area contributed by atoms with Gasteiger partial charge in [0.25, 0.3) is 0 Å². The number of rotatable bonds is 4. The zero-order chi connectivity index (χ0) is 13.2. The Morgan fingerprint density at radius 2 is 1.94 bits per heavy atom. The van der Waals surface area contributed by atoms with E-state index >= 15 is 0 Å². The van der Waals surface area contributed by atoms with Gasteiger partial charge in [-0.05, 0) is 50.0 Å². The van der Waals surface area contributed by atoms with Crippen molar-refractivity contribution in [3.05, 3.63) is 0 Å². The largest absolute Gasteiger partial charge is 0.324 e. The second-order valence-electron chi connectivity index (χ2n) is 7.23. The summed E-state index contributed by atoms with van der Waals surface area (Å²) in [5.41, 5.74) is 7.36. The van der Waals surface area contributed by atoms with Gasteiger partial charge >= 0.3 is 0 Å². The summed E-state index contributed by atoms with van der Waals surface area (Å²) in [6.07, 6.45) is 9.21. The van der Waals surface area contributed by atoms with Gasteiger partial charge in [-0.25, -0.2) is 0 Å². The third kappa shape index (κ3) is 3.08. The Hall–Kier alpha value is -0.0800. The molecule has 0 aromatic carbocycles. The number of nitrogens with zero attached hydrogens (tertiary/aromatic N) is 1. The van der Waals surface area contributed by atoms with Gasteiger partial charge in [0.2, 0.25) is 0 Å². The molecule has 0 amide bonds. The first-order chi connectivity index (χ1) is 8.51. The van der Waals surface area contributed by atoms with Crippen LogP contribution in [-0.2, 0) is 0 Å². The second kappa shape index (κ2) is 5.50. The van der Waals surface area contributed by atoms with E-state index in [1.165, 1.54) is 58.0 Å². The maximum Gasteiger partial charge on any atom is 0.0285 e. The molecule has 0 radical (unpaired) electrons. The fourth-order valence-corrected chi connectivity index (χ4v) is 4.28. The monoisotopic (exact) mass is 252 g/mol. The van der Waals surface area contributed by atoms with Gasteiger partial charge in [0.05, 0.1) is 0 Å². The maximum atomic E-state index is 6.66. The second-order valence-corrected chi connectivity index (χ2v) is 7.23. The van der Waals surface area contributed by atoms with Gasteiger partial charge in [-0.3, -0.25) is 0 Å². The highest BCUT2D eigenvalue weighted by molar-refractivity contribution is 4.96. The molecule has 0 spiro atoms. The third-order valence-electron chi connectivity index (χ3n) is 5.68. The molecule has 2 unspecified atom stereocenters. The maximum absolute atomic E-state index is 6.66. The fraction of sp³-hybridized carbons (Fsp3) is 1.00. The van der Waals surface area contributed by atoms with E-state index < -0.39 is 0 Å². The van der Waals surface area contributed by atoms with E-state index in [9.17, 15) is 0 Å². The van der Waals surface area contributed by atoms with E-state index in [-0.39, 0.29) is 5.54 Å². The van der Waals surface area contributed by atoms with Gasteiger partial charge in [-0.2, -0.15) is 0 Å². The SMILES string of the molecule is CCC1(CC)CCN(CC2(N)CCCC(C)C2)C1. The highest BCUT2D eigenvalue weighted by Crippen LogP contribution is 2.39. The summed E-state index contributed by atoms with van der Waals surface area (Å²) < 4.78 is 0. The summed E-state index contributed by atoms with van der Waals surface area (Å²) in [6.45, 7) is 10.8. The van der Waals surface area contributed by atoms with Crippen molar-refractivity contribution in [3.63, 3.8) is 0 Å². The first kappa shape index (κ1) is 14.3. The van der Waals surface area contributed by atoms with E-state index in [2.05, 4.69) is 25.7 Å². The van der Waals surface area contributed by atoms with Crippen LogP contribution < -0.4 is 5.73 Å². The minimum atomic E-state index is 0.106. The number of hydrogen-bond donors (Lipinski definition) is 1. The zero-order valence-electron chi connectivity index (χ0n) is 12.7. The quantitative estimate of drug-likeness (QED) is 0.831. The Labute approximate surface area is 113 Å². The molecule has 2 nitrogen and oxygen atoms in total. The van der Waals surface area contributed by atoms with Gasteiger partial charge in [-0.1, -0.05) is 33.6 Å². The zero-order valence-corrected chi connectivity index (χ0v) is 12.7. The molecule has 1 saturated carbocycles. The Morgan fingerprint density at radius 3 is 2.50 bits per heavy atom. The van der Waals surface area contributed by atoms with E-state index in [1.807, 2.05) is 0 Å².